The van der Waals surface area contributed by atoms with Crippen molar-refractivity contribution in [3.05, 3.63) is 42.4 Å². The number of benzene rings is 1. The van der Waals surface area contributed by atoms with E-state index < -0.39 is 0 Å². The quantitative estimate of drug-likeness (QED) is 0.663. The summed E-state index contributed by atoms with van der Waals surface area (Å²) in [7, 11) is 0. The molecule has 0 bridgehead atoms. The number of fused-ring (bicyclic) bond motifs is 1. The predicted molar refractivity (Wildman–Crippen MR) is 116 cm³/mol. The summed E-state index contributed by atoms with van der Waals surface area (Å²) in [5, 5.41) is 1.05. The second kappa shape index (κ2) is 8.69. The van der Waals surface area contributed by atoms with Gasteiger partial charge in [-0.05, 0) is 17.2 Å². The minimum Gasteiger partial charge on any atom is -0.379 e. The van der Waals surface area contributed by atoms with Gasteiger partial charge in [0.1, 0.15) is 17.8 Å². The average Bonchev–Trinajstić information content (AvgIpc) is 3.24. The SMILES string of the molecule is NCC1CN(c2ncnc3[nH]cc(-c4cccc(CN5CCOCC5)c4)c23)CCO1. The van der Waals surface area contributed by atoms with Crippen molar-refractivity contribution in [2.24, 2.45) is 5.73 Å². The lowest BCUT2D eigenvalue weighted by molar-refractivity contribution is 0.0342. The van der Waals surface area contributed by atoms with Crippen LogP contribution in [0.15, 0.2) is 36.8 Å². The summed E-state index contributed by atoms with van der Waals surface area (Å²) in [5.41, 5.74) is 10.3. The van der Waals surface area contributed by atoms with Crippen LogP contribution in [0.25, 0.3) is 22.2 Å². The van der Waals surface area contributed by atoms with E-state index in [0.717, 1.165) is 68.4 Å². The van der Waals surface area contributed by atoms with E-state index in [9.17, 15) is 0 Å². The van der Waals surface area contributed by atoms with E-state index in [2.05, 4.69) is 49.0 Å². The minimum absolute atomic E-state index is 0.0306. The van der Waals surface area contributed by atoms with E-state index in [-0.39, 0.29) is 6.10 Å². The second-order valence-corrected chi connectivity index (χ2v) is 7.89. The van der Waals surface area contributed by atoms with Gasteiger partial charge in [0.15, 0.2) is 0 Å². The van der Waals surface area contributed by atoms with E-state index in [0.29, 0.717) is 13.2 Å². The number of anilines is 1. The van der Waals surface area contributed by atoms with Crippen LogP contribution in [0.5, 0.6) is 0 Å². The molecule has 4 heterocycles. The molecule has 2 aliphatic rings. The Balaban J connectivity index is 1.48. The van der Waals surface area contributed by atoms with Gasteiger partial charge in [-0.1, -0.05) is 18.2 Å². The smallest absolute Gasteiger partial charge is 0.143 e. The molecule has 0 spiro atoms. The highest BCUT2D eigenvalue weighted by molar-refractivity contribution is 6.01. The number of nitrogens with two attached hydrogens (primary N) is 1. The average molecular weight is 409 g/mol. The number of aromatic amines is 1. The van der Waals surface area contributed by atoms with Crippen molar-refractivity contribution in [2.75, 3.05) is 57.4 Å². The van der Waals surface area contributed by atoms with Crippen molar-refractivity contribution < 1.29 is 9.47 Å². The Hall–Kier alpha value is -2.52. The molecular weight excluding hydrogens is 380 g/mol. The lowest BCUT2D eigenvalue weighted by Gasteiger charge is -2.33. The highest BCUT2D eigenvalue weighted by Crippen LogP contribution is 2.34. The molecule has 158 valence electrons. The third kappa shape index (κ3) is 3.91. The summed E-state index contributed by atoms with van der Waals surface area (Å²) in [6, 6.07) is 8.76. The third-order valence-electron chi connectivity index (χ3n) is 5.90. The normalized spacial score (nSPS) is 20.7. The predicted octanol–water partition coefficient (Wildman–Crippen LogP) is 1.62. The van der Waals surface area contributed by atoms with Crippen molar-refractivity contribution in [3.8, 4) is 11.1 Å². The van der Waals surface area contributed by atoms with E-state index >= 15 is 0 Å². The van der Waals surface area contributed by atoms with Crippen molar-refractivity contribution >= 4 is 16.9 Å². The summed E-state index contributed by atoms with van der Waals surface area (Å²) in [4.78, 5) is 17.1. The first-order valence-corrected chi connectivity index (χ1v) is 10.6. The lowest BCUT2D eigenvalue weighted by atomic mass is 10.0. The van der Waals surface area contributed by atoms with E-state index in [1.54, 1.807) is 6.33 Å². The van der Waals surface area contributed by atoms with Gasteiger partial charge in [-0.2, -0.15) is 0 Å². The fourth-order valence-electron chi connectivity index (χ4n) is 4.32. The summed E-state index contributed by atoms with van der Waals surface area (Å²) in [6.45, 7) is 7.22. The highest BCUT2D eigenvalue weighted by atomic mass is 16.5. The Kier molecular flexibility index (Phi) is 5.63. The Morgan fingerprint density at radius 2 is 2.03 bits per heavy atom. The molecule has 0 radical (unpaired) electrons. The van der Waals surface area contributed by atoms with Crippen molar-refractivity contribution in [1.29, 1.82) is 0 Å². The molecule has 3 aromatic rings. The summed E-state index contributed by atoms with van der Waals surface area (Å²) in [6.07, 6.45) is 3.69. The molecule has 1 atom stereocenters. The van der Waals surface area contributed by atoms with Crippen LogP contribution in [0.2, 0.25) is 0 Å². The molecule has 2 fully saturated rings. The first kappa shape index (κ1) is 19.4. The van der Waals surface area contributed by atoms with Gasteiger partial charge in [0.25, 0.3) is 0 Å². The second-order valence-electron chi connectivity index (χ2n) is 7.89. The Morgan fingerprint density at radius 3 is 2.90 bits per heavy atom. The van der Waals surface area contributed by atoms with Crippen LogP contribution in [0.3, 0.4) is 0 Å². The van der Waals surface area contributed by atoms with Gasteiger partial charge in [-0.3, -0.25) is 4.90 Å². The highest BCUT2D eigenvalue weighted by Gasteiger charge is 2.24. The van der Waals surface area contributed by atoms with Crippen molar-refractivity contribution in [1.82, 2.24) is 19.9 Å². The first-order chi connectivity index (χ1) is 14.8. The largest absolute Gasteiger partial charge is 0.379 e. The standard InChI is InChI=1S/C22H28N6O2/c23-11-18-14-28(6-9-30-18)22-20-19(12-24-21(20)25-15-26-22)17-3-1-2-16(10-17)13-27-4-7-29-8-5-27/h1-3,10,12,15,18H,4-9,11,13-14,23H2,(H,24,25,26). The number of nitrogens with zero attached hydrogens (tertiary/aromatic N) is 4. The van der Waals surface area contributed by atoms with Crippen LogP contribution in [-0.4, -0.2) is 78.5 Å². The topological polar surface area (TPSA) is 92.5 Å². The summed E-state index contributed by atoms with van der Waals surface area (Å²) < 4.78 is 11.2. The Morgan fingerprint density at radius 1 is 1.13 bits per heavy atom. The summed E-state index contributed by atoms with van der Waals surface area (Å²) >= 11 is 0. The van der Waals surface area contributed by atoms with Crippen LogP contribution < -0.4 is 10.6 Å². The maximum atomic E-state index is 5.85. The fraction of sp³-hybridized carbons (Fsp3) is 0.455. The molecule has 8 heteroatoms. The van der Waals surface area contributed by atoms with Gasteiger partial charge in [0.2, 0.25) is 0 Å². The summed E-state index contributed by atoms with van der Waals surface area (Å²) in [5.74, 6) is 0.941. The molecule has 30 heavy (non-hydrogen) atoms. The zero-order chi connectivity index (χ0) is 20.3. The number of H-pyrrole nitrogens is 1. The molecule has 3 N–H and O–H groups in total. The zero-order valence-corrected chi connectivity index (χ0v) is 17.1. The number of rotatable bonds is 5. The van der Waals surface area contributed by atoms with Gasteiger partial charge in [0, 0.05) is 51.0 Å². The third-order valence-corrected chi connectivity index (χ3v) is 5.90. The van der Waals surface area contributed by atoms with Crippen LogP contribution in [0, 0.1) is 0 Å². The molecule has 2 saturated heterocycles. The molecule has 0 amide bonds. The van der Waals surface area contributed by atoms with Gasteiger partial charge >= 0.3 is 0 Å². The number of morpholine rings is 2. The number of ether oxygens (including phenoxy) is 2. The number of hydrogen-bond acceptors (Lipinski definition) is 7. The fourth-order valence-corrected chi connectivity index (χ4v) is 4.32. The monoisotopic (exact) mass is 408 g/mol. The van der Waals surface area contributed by atoms with Crippen LogP contribution in [0.4, 0.5) is 5.82 Å². The molecule has 8 nitrogen and oxygen atoms in total. The van der Waals surface area contributed by atoms with E-state index in [4.69, 9.17) is 15.2 Å². The number of hydrogen-bond donors (Lipinski definition) is 2. The van der Waals surface area contributed by atoms with E-state index in [1.807, 2.05) is 6.20 Å². The Labute approximate surface area is 176 Å². The molecule has 0 aliphatic carbocycles. The molecular formula is C22H28N6O2. The van der Waals surface area contributed by atoms with Crippen LogP contribution in [0.1, 0.15) is 5.56 Å². The van der Waals surface area contributed by atoms with Crippen molar-refractivity contribution in [3.63, 3.8) is 0 Å². The zero-order valence-electron chi connectivity index (χ0n) is 17.1. The molecule has 1 unspecified atom stereocenters. The first-order valence-electron chi connectivity index (χ1n) is 10.6. The van der Waals surface area contributed by atoms with Gasteiger partial charge in [-0.15, -0.1) is 0 Å². The maximum absolute atomic E-state index is 5.85. The number of aromatic nitrogens is 3. The number of nitrogens with one attached hydrogen (secondary N) is 1. The maximum Gasteiger partial charge on any atom is 0.143 e. The van der Waals surface area contributed by atoms with Crippen molar-refractivity contribution in [2.45, 2.75) is 12.6 Å². The molecule has 1 aromatic carbocycles. The Bertz CT molecular complexity index is 1000. The molecule has 5 rings (SSSR count). The molecule has 0 saturated carbocycles. The van der Waals surface area contributed by atoms with Crippen LogP contribution in [-0.2, 0) is 16.0 Å². The van der Waals surface area contributed by atoms with Gasteiger partial charge in [0.05, 0.1) is 31.3 Å². The van der Waals surface area contributed by atoms with E-state index in [1.165, 1.54) is 11.1 Å². The molecule has 2 aliphatic heterocycles. The van der Waals surface area contributed by atoms with Crippen LogP contribution >= 0.6 is 0 Å². The lowest BCUT2D eigenvalue weighted by Crippen LogP contribution is -2.46. The van der Waals surface area contributed by atoms with Gasteiger partial charge < -0.3 is 25.1 Å². The minimum atomic E-state index is 0.0306. The molecule has 2 aromatic heterocycles. The van der Waals surface area contributed by atoms with Gasteiger partial charge in [-0.25, -0.2) is 9.97 Å².